The van der Waals surface area contributed by atoms with Gasteiger partial charge < -0.3 is 21.0 Å². The van der Waals surface area contributed by atoms with Crippen LogP contribution >= 0.6 is 0 Å². The summed E-state index contributed by atoms with van der Waals surface area (Å²) in [5.41, 5.74) is 9.75. The van der Waals surface area contributed by atoms with Crippen LogP contribution in [0.25, 0.3) is 10.9 Å². The number of pyridine rings is 2. The highest BCUT2D eigenvalue weighted by Crippen LogP contribution is 2.44. The van der Waals surface area contributed by atoms with Gasteiger partial charge in [-0.15, -0.1) is 5.53 Å². The number of aromatic nitrogens is 2. The molecule has 1 saturated carbocycles. The molecule has 11 nitrogen and oxygen atoms in total. The van der Waals surface area contributed by atoms with Crippen LogP contribution in [0.4, 0.5) is 15.8 Å². The zero-order chi connectivity index (χ0) is 31.1. The van der Waals surface area contributed by atoms with Crippen molar-refractivity contribution in [3.63, 3.8) is 0 Å². The van der Waals surface area contributed by atoms with Crippen molar-refractivity contribution in [2.45, 2.75) is 52.1 Å². The Kier molecular flexibility index (Phi) is 7.59. The molecule has 12 heteroatoms. The van der Waals surface area contributed by atoms with Crippen molar-refractivity contribution >= 4 is 28.2 Å². The van der Waals surface area contributed by atoms with Crippen LogP contribution in [0.5, 0.6) is 0 Å². The fourth-order valence-electron chi connectivity index (χ4n) is 5.23. The van der Waals surface area contributed by atoms with Gasteiger partial charge in [0.25, 0.3) is 0 Å². The molecule has 222 valence electrons. The lowest BCUT2D eigenvalue weighted by Gasteiger charge is -2.28. The lowest BCUT2D eigenvalue weighted by atomic mass is 9.96. The number of nitriles is 2. The highest BCUT2D eigenvalue weighted by Gasteiger charge is 2.56. The Morgan fingerprint density at radius 1 is 1.21 bits per heavy atom. The Labute approximate surface area is 250 Å². The number of hydrogen-bond donors (Lipinski definition) is 4. The number of carbonyl (C=O) groups excluding carboxylic acids is 1. The lowest BCUT2D eigenvalue weighted by Crippen LogP contribution is -2.52. The third-order valence-corrected chi connectivity index (χ3v) is 7.61. The molecule has 1 aliphatic heterocycles. The number of amides is 1. The first kappa shape index (κ1) is 29.5. The molecule has 1 amide bonds. The summed E-state index contributed by atoms with van der Waals surface area (Å²) < 4.78 is 14.1. The van der Waals surface area contributed by atoms with Gasteiger partial charge in [-0.1, -0.05) is 26.8 Å². The van der Waals surface area contributed by atoms with Gasteiger partial charge in [0, 0.05) is 55.4 Å². The Hall–Kier alpha value is -4.94. The van der Waals surface area contributed by atoms with Gasteiger partial charge in [-0.25, -0.2) is 4.98 Å². The molecule has 1 aliphatic carbocycles. The van der Waals surface area contributed by atoms with Crippen molar-refractivity contribution in [3.8, 4) is 12.1 Å². The second kappa shape index (κ2) is 11.0. The van der Waals surface area contributed by atoms with E-state index >= 15 is 0 Å². The molecule has 0 saturated heterocycles. The van der Waals surface area contributed by atoms with Gasteiger partial charge in [0.1, 0.15) is 17.7 Å². The molecule has 1 aromatic carbocycles. The Bertz CT molecular complexity index is 1710. The van der Waals surface area contributed by atoms with E-state index in [1.54, 1.807) is 43.1 Å². The van der Waals surface area contributed by atoms with Crippen LogP contribution < -0.4 is 21.6 Å². The number of anilines is 2. The summed E-state index contributed by atoms with van der Waals surface area (Å²) in [6.07, 6.45) is 4.72. The largest absolute Gasteiger partial charge is 0.383 e. The van der Waals surface area contributed by atoms with Crippen LogP contribution in [-0.2, 0) is 4.79 Å². The number of carbonyl (C=O) groups is 1. The number of rotatable bonds is 8. The molecule has 0 radical (unpaired) electrons. The van der Waals surface area contributed by atoms with E-state index in [1.165, 1.54) is 12.3 Å². The van der Waals surface area contributed by atoms with E-state index in [2.05, 4.69) is 64.5 Å². The third-order valence-electron chi connectivity index (χ3n) is 7.61. The van der Waals surface area contributed by atoms with E-state index in [-0.39, 0.29) is 11.3 Å². The van der Waals surface area contributed by atoms with Crippen LogP contribution in [0.3, 0.4) is 0 Å². The molecule has 43 heavy (non-hydrogen) atoms. The Morgan fingerprint density at radius 2 is 1.93 bits per heavy atom. The van der Waals surface area contributed by atoms with Gasteiger partial charge in [0.05, 0.1) is 34.1 Å². The fourth-order valence-corrected chi connectivity index (χ4v) is 5.23. The summed E-state index contributed by atoms with van der Waals surface area (Å²) in [5, 5.41) is 29.2. The van der Waals surface area contributed by atoms with Crippen LogP contribution in [-0.4, -0.2) is 52.0 Å². The van der Waals surface area contributed by atoms with Crippen LogP contribution in [0.2, 0.25) is 0 Å². The zero-order valence-corrected chi connectivity index (χ0v) is 25.1. The summed E-state index contributed by atoms with van der Waals surface area (Å²) >= 11 is 0. The van der Waals surface area contributed by atoms with Crippen molar-refractivity contribution < 1.29 is 9.18 Å². The number of nitrogens with zero attached hydrogens (tertiary/aromatic N) is 6. The molecule has 5 rings (SSSR count). The van der Waals surface area contributed by atoms with Gasteiger partial charge in [0.2, 0.25) is 11.9 Å². The summed E-state index contributed by atoms with van der Waals surface area (Å²) in [7, 11) is 3.47. The zero-order valence-electron chi connectivity index (χ0n) is 25.1. The first-order valence-electron chi connectivity index (χ1n) is 14.0. The predicted octanol–water partition coefficient (Wildman–Crippen LogP) is 4.22. The molecular formula is C31H35FN10O. The second-order valence-corrected chi connectivity index (χ2v) is 12.4. The van der Waals surface area contributed by atoms with Gasteiger partial charge in [0.15, 0.2) is 0 Å². The molecule has 3 aromatic rings. The third kappa shape index (κ3) is 5.74. The summed E-state index contributed by atoms with van der Waals surface area (Å²) in [4.78, 5) is 23.1. The highest BCUT2D eigenvalue weighted by atomic mass is 19.1. The number of aryl methyl sites for hydroxylation is 1. The minimum atomic E-state index is -0.692. The van der Waals surface area contributed by atoms with E-state index in [0.717, 1.165) is 0 Å². The van der Waals surface area contributed by atoms with Crippen LogP contribution in [0, 0.1) is 40.9 Å². The van der Waals surface area contributed by atoms with Crippen molar-refractivity contribution in [1.29, 1.82) is 10.5 Å². The monoisotopic (exact) mass is 582 g/mol. The molecule has 0 spiro atoms. The van der Waals surface area contributed by atoms with E-state index < -0.39 is 17.5 Å². The maximum atomic E-state index is 14.1. The number of fused-ring (bicyclic) bond motifs is 1. The minimum Gasteiger partial charge on any atom is -0.383 e. The van der Waals surface area contributed by atoms with Crippen LogP contribution in [0.1, 0.15) is 62.0 Å². The standard InChI is InChI=1S/C31H35FN10O/c1-18-22(7-8-25(32)37-18)28(24-16-42(40-39-24)31(9-10-31)29(43)41(5)6)38-21-11-19(13-33)26-23(12-21)27(20(14-34)15-35-26)36-17-30(2,3)4/h7-8,11-12,15-16,28,38-40H,9-10,17H2,1-6H3,(H,35,36)/t28-/m0/s1. The molecule has 2 aliphatic rings. The SMILES string of the molecule is Cc1nc(F)ccc1[C@H](Nc1cc(C#N)c2ncc(C#N)c(NCC(C)(C)C)c2c1)C1=CN(C2(C(=O)N(C)C)CC2)NN1. The Morgan fingerprint density at radius 3 is 2.53 bits per heavy atom. The van der Waals surface area contributed by atoms with E-state index in [4.69, 9.17) is 0 Å². The molecule has 0 unspecified atom stereocenters. The smallest absolute Gasteiger partial charge is 0.249 e. The number of hydrazine groups is 2. The molecule has 1 fully saturated rings. The quantitative estimate of drug-likeness (QED) is 0.285. The average Bonchev–Trinajstić information content (AvgIpc) is 3.62. The molecule has 3 heterocycles. The summed E-state index contributed by atoms with van der Waals surface area (Å²) in [5.74, 6) is -0.600. The molecule has 0 bridgehead atoms. The maximum Gasteiger partial charge on any atom is 0.249 e. The van der Waals surface area contributed by atoms with Gasteiger partial charge >= 0.3 is 0 Å². The van der Waals surface area contributed by atoms with Crippen molar-refractivity contribution in [1.82, 2.24) is 30.8 Å². The summed E-state index contributed by atoms with van der Waals surface area (Å²) in [6, 6.07) is 10.4. The number of likely N-dealkylation sites (N-methyl/N-ethyl adjacent to an activating group) is 1. The van der Waals surface area contributed by atoms with Crippen molar-refractivity contribution in [2.75, 3.05) is 31.3 Å². The Balaban J connectivity index is 1.60. The molecule has 1 atom stereocenters. The van der Waals surface area contributed by atoms with Gasteiger partial charge in [-0.05, 0) is 43.4 Å². The van der Waals surface area contributed by atoms with E-state index in [9.17, 15) is 19.7 Å². The van der Waals surface area contributed by atoms with E-state index in [1.807, 2.05) is 12.3 Å². The molecular weight excluding hydrogens is 547 g/mol. The topological polar surface area (TPSA) is 145 Å². The van der Waals surface area contributed by atoms with Crippen molar-refractivity contribution in [3.05, 3.63) is 70.7 Å². The molecule has 2 aromatic heterocycles. The molecule has 4 N–H and O–H groups in total. The summed E-state index contributed by atoms with van der Waals surface area (Å²) in [6.45, 7) is 8.58. The van der Waals surface area contributed by atoms with Crippen LogP contribution in [0.15, 0.2) is 42.4 Å². The number of hydrogen-bond acceptors (Lipinski definition) is 10. The fraction of sp³-hybridized carbons (Fsp3) is 0.387. The highest BCUT2D eigenvalue weighted by molar-refractivity contribution is 5.99. The maximum absolute atomic E-state index is 14.1. The first-order valence-corrected chi connectivity index (χ1v) is 14.0. The van der Waals surface area contributed by atoms with Crippen molar-refractivity contribution in [2.24, 2.45) is 5.41 Å². The van der Waals surface area contributed by atoms with Gasteiger partial charge in [-0.2, -0.15) is 14.9 Å². The number of benzene rings is 1. The predicted molar refractivity (Wildman–Crippen MR) is 161 cm³/mol. The van der Waals surface area contributed by atoms with Gasteiger partial charge in [-0.3, -0.25) is 14.8 Å². The number of nitrogens with one attached hydrogen (secondary N) is 4. The number of halogens is 1. The normalized spacial score (nSPS) is 16.0. The lowest BCUT2D eigenvalue weighted by molar-refractivity contribution is -0.136. The minimum absolute atomic E-state index is 0.00675. The first-order chi connectivity index (χ1) is 20.4. The average molecular weight is 583 g/mol. The second-order valence-electron chi connectivity index (χ2n) is 12.4. The van der Waals surface area contributed by atoms with E-state index in [0.29, 0.717) is 69.7 Å².